The second kappa shape index (κ2) is 5.48. The van der Waals surface area contributed by atoms with Crippen molar-refractivity contribution in [3.63, 3.8) is 0 Å². The Bertz CT molecular complexity index is 887. The predicted molar refractivity (Wildman–Crippen MR) is 87.7 cm³/mol. The van der Waals surface area contributed by atoms with E-state index in [1.165, 1.54) is 6.07 Å². The summed E-state index contributed by atoms with van der Waals surface area (Å²) >= 11 is 0. The number of nitrogens with zero attached hydrogens (tertiary/aromatic N) is 1. The third kappa shape index (κ3) is 2.33. The lowest BCUT2D eigenvalue weighted by Crippen LogP contribution is -2.54. The van der Waals surface area contributed by atoms with Crippen molar-refractivity contribution in [1.82, 2.24) is 10.2 Å². The molecule has 0 radical (unpaired) electrons. The molecule has 5 amide bonds. The van der Waals surface area contributed by atoms with Crippen LogP contribution >= 0.6 is 0 Å². The average molecular weight is 355 g/mol. The zero-order valence-corrected chi connectivity index (χ0v) is 13.9. The molecule has 0 bridgehead atoms. The van der Waals surface area contributed by atoms with Crippen molar-refractivity contribution >= 4 is 29.5 Å². The van der Waals surface area contributed by atoms with E-state index in [1.807, 2.05) is 0 Å². The Labute approximate surface area is 148 Å². The van der Waals surface area contributed by atoms with Gasteiger partial charge < -0.3 is 5.73 Å². The summed E-state index contributed by atoms with van der Waals surface area (Å²) in [6.45, 7) is 0. The second-order valence-electron chi connectivity index (χ2n) is 7.11. The molecule has 2 fully saturated rings. The van der Waals surface area contributed by atoms with Gasteiger partial charge in [-0.05, 0) is 37.3 Å². The number of hydrogen-bond acceptors (Lipinski definition) is 5. The van der Waals surface area contributed by atoms with Gasteiger partial charge in [-0.15, -0.1) is 0 Å². The van der Waals surface area contributed by atoms with Gasteiger partial charge >= 0.3 is 0 Å². The molecule has 1 unspecified atom stereocenters. The average Bonchev–Trinajstić information content (AvgIpc) is 3.32. The highest BCUT2D eigenvalue weighted by atomic mass is 16.2. The van der Waals surface area contributed by atoms with E-state index < -0.39 is 41.0 Å². The zero-order chi connectivity index (χ0) is 18.6. The summed E-state index contributed by atoms with van der Waals surface area (Å²) in [5, 5.41) is 2.17. The van der Waals surface area contributed by atoms with Crippen LogP contribution in [0.25, 0.3) is 0 Å². The Morgan fingerprint density at radius 1 is 1.19 bits per heavy atom. The highest BCUT2D eigenvalue weighted by Gasteiger charge is 2.51. The molecule has 4 rings (SSSR count). The van der Waals surface area contributed by atoms with Crippen molar-refractivity contribution in [3.05, 3.63) is 34.9 Å². The standard InChI is InChI=1S/C18H17N3O5/c19-17(26)18(6-7-18)8-9-2-1-3-10-13(9)16(25)21(15(10)24)11-4-5-12(22)20-14(11)23/h1-3,11H,4-8H2,(H2,19,26)(H,20,22,23). The summed E-state index contributed by atoms with van der Waals surface area (Å²) in [4.78, 5) is 61.8. The minimum Gasteiger partial charge on any atom is -0.369 e. The first kappa shape index (κ1) is 16.4. The summed E-state index contributed by atoms with van der Waals surface area (Å²) in [6, 6.07) is 3.90. The number of amides is 5. The van der Waals surface area contributed by atoms with Crippen LogP contribution in [0.4, 0.5) is 0 Å². The number of fused-ring (bicyclic) bond motifs is 1. The fourth-order valence-corrected chi connectivity index (χ4v) is 3.76. The molecular formula is C18H17N3O5. The molecule has 1 atom stereocenters. The molecule has 1 aromatic carbocycles. The number of piperidine rings is 1. The molecule has 3 aliphatic rings. The first-order valence-corrected chi connectivity index (χ1v) is 8.47. The molecular weight excluding hydrogens is 338 g/mol. The first-order chi connectivity index (χ1) is 12.3. The van der Waals surface area contributed by atoms with Gasteiger partial charge in [0.15, 0.2) is 0 Å². The minimum atomic E-state index is -1.00. The summed E-state index contributed by atoms with van der Waals surface area (Å²) in [5.41, 5.74) is 5.87. The molecule has 26 heavy (non-hydrogen) atoms. The zero-order valence-electron chi connectivity index (χ0n) is 13.9. The number of nitrogens with two attached hydrogens (primary N) is 1. The third-order valence-corrected chi connectivity index (χ3v) is 5.46. The highest BCUT2D eigenvalue weighted by molar-refractivity contribution is 6.24. The Morgan fingerprint density at radius 2 is 1.92 bits per heavy atom. The van der Waals surface area contributed by atoms with E-state index in [2.05, 4.69) is 5.32 Å². The largest absolute Gasteiger partial charge is 0.369 e. The van der Waals surface area contributed by atoms with Crippen LogP contribution < -0.4 is 11.1 Å². The summed E-state index contributed by atoms with van der Waals surface area (Å²) in [6.07, 6.45) is 1.79. The first-order valence-electron chi connectivity index (χ1n) is 8.47. The smallest absolute Gasteiger partial charge is 0.262 e. The van der Waals surface area contributed by atoms with Crippen LogP contribution in [0.5, 0.6) is 0 Å². The molecule has 1 saturated carbocycles. The Hall–Kier alpha value is -3.03. The molecule has 0 spiro atoms. The monoisotopic (exact) mass is 355 g/mol. The maximum atomic E-state index is 13.0. The lowest BCUT2D eigenvalue weighted by Gasteiger charge is -2.27. The van der Waals surface area contributed by atoms with E-state index in [-0.39, 0.29) is 24.0 Å². The molecule has 0 aromatic heterocycles. The fraction of sp³-hybridized carbons (Fsp3) is 0.389. The van der Waals surface area contributed by atoms with Gasteiger partial charge in [-0.2, -0.15) is 0 Å². The number of carbonyl (C=O) groups excluding carboxylic acids is 5. The molecule has 3 N–H and O–H groups in total. The van der Waals surface area contributed by atoms with Crippen LogP contribution in [0, 0.1) is 5.41 Å². The van der Waals surface area contributed by atoms with Crippen LogP contribution in [0.1, 0.15) is 52.0 Å². The molecule has 8 heteroatoms. The predicted octanol–water partition coefficient (Wildman–Crippen LogP) is -0.104. The minimum absolute atomic E-state index is 0.0709. The van der Waals surface area contributed by atoms with Gasteiger partial charge in [-0.25, -0.2) is 0 Å². The molecule has 8 nitrogen and oxygen atoms in total. The third-order valence-electron chi connectivity index (χ3n) is 5.46. The van der Waals surface area contributed by atoms with Gasteiger partial charge in [-0.3, -0.25) is 34.2 Å². The van der Waals surface area contributed by atoms with Crippen LogP contribution in [0.15, 0.2) is 18.2 Å². The quantitative estimate of drug-likeness (QED) is 0.729. The topological polar surface area (TPSA) is 127 Å². The van der Waals surface area contributed by atoms with Crippen molar-refractivity contribution < 1.29 is 24.0 Å². The molecule has 1 saturated heterocycles. The van der Waals surface area contributed by atoms with E-state index in [1.54, 1.807) is 12.1 Å². The maximum Gasteiger partial charge on any atom is 0.262 e. The number of hydrogen-bond donors (Lipinski definition) is 2. The van der Waals surface area contributed by atoms with E-state index in [0.717, 1.165) is 4.90 Å². The number of imide groups is 2. The van der Waals surface area contributed by atoms with Gasteiger partial charge in [-0.1, -0.05) is 12.1 Å². The van der Waals surface area contributed by atoms with Crippen LogP contribution in [-0.2, 0) is 20.8 Å². The van der Waals surface area contributed by atoms with Crippen molar-refractivity contribution in [1.29, 1.82) is 0 Å². The number of benzene rings is 1. The lowest BCUT2D eigenvalue weighted by atomic mass is 9.91. The second-order valence-corrected chi connectivity index (χ2v) is 7.11. The van der Waals surface area contributed by atoms with Crippen molar-refractivity contribution in [2.75, 3.05) is 0 Å². The number of nitrogens with one attached hydrogen (secondary N) is 1. The van der Waals surface area contributed by atoms with Crippen molar-refractivity contribution in [2.24, 2.45) is 11.1 Å². The van der Waals surface area contributed by atoms with Gasteiger partial charge in [0.1, 0.15) is 6.04 Å². The number of rotatable bonds is 4. The molecule has 134 valence electrons. The van der Waals surface area contributed by atoms with Gasteiger partial charge in [0.2, 0.25) is 17.7 Å². The Morgan fingerprint density at radius 3 is 2.54 bits per heavy atom. The van der Waals surface area contributed by atoms with Gasteiger partial charge in [0.25, 0.3) is 11.8 Å². The van der Waals surface area contributed by atoms with Gasteiger partial charge in [0.05, 0.1) is 16.5 Å². The Kier molecular flexibility index (Phi) is 3.47. The molecule has 2 heterocycles. The SMILES string of the molecule is NC(=O)C1(Cc2cccc3c2C(=O)N(C2CCC(=O)NC2=O)C3=O)CC1. The Balaban J connectivity index is 1.69. The number of primary amides is 1. The number of carbonyl (C=O) groups is 5. The van der Waals surface area contributed by atoms with E-state index in [4.69, 9.17) is 5.73 Å². The summed E-state index contributed by atoms with van der Waals surface area (Å²) in [5.74, 6) is -2.58. The molecule has 2 aliphatic heterocycles. The fourth-order valence-electron chi connectivity index (χ4n) is 3.76. The lowest BCUT2D eigenvalue weighted by molar-refractivity contribution is -0.136. The molecule has 1 aliphatic carbocycles. The molecule has 1 aromatic rings. The van der Waals surface area contributed by atoms with Gasteiger partial charge in [0, 0.05) is 6.42 Å². The van der Waals surface area contributed by atoms with Crippen LogP contribution in [-0.4, -0.2) is 40.5 Å². The van der Waals surface area contributed by atoms with Crippen LogP contribution in [0.2, 0.25) is 0 Å². The highest BCUT2D eigenvalue weighted by Crippen LogP contribution is 2.49. The van der Waals surface area contributed by atoms with E-state index in [0.29, 0.717) is 24.8 Å². The van der Waals surface area contributed by atoms with Crippen molar-refractivity contribution in [2.45, 2.75) is 38.1 Å². The van der Waals surface area contributed by atoms with Crippen molar-refractivity contribution in [3.8, 4) is 0 Å². The normalized spacial score (nSPS) is 23.7. The van der Waals surface area contributed by atoms with E-state index >= 15 is 0 Å². The maximum absolute atomic E-state index is 13.0. The van der Waals surface area contributed by atoms with Crippen LogP contribution in [0.3, 0.4) is 0 Å². The summed E-state index contributed by atoms with van der Waals surface area (Å²) < 4.78 is 0. The van der Waals surface area contributed by atoms with E-state index in [9.17, 15) is 24.0 Å². The summed E-state index contributed by atoms with van der Waals surface area (Å²) in [7, 11) is 0.